The smallest absolute Gasteiger partial charge is 0.232 e. The van der Waals surface area contributed by atoms with Crippen LogP contribution in [0.4, 0.5) is 0 Å². The normalized spacial score (nSPS) is 17.9. The van der Waals surface area contributed by atoms with Gasteiger partial charge in [0.05, 0.1) is 13.2 Å². The third-order valence-electron chi connectivity index (χ3n) is 1.93. The molecule has 1 fully saturated rings. The molecule has 2 heterocycles. The average Bonchev–Trinajstić information content (AvgIpc) is 2.32. The maximum Gasteiger partial charge on any atom is 0.232 e. The summed E-state index contributed by atoms with van der Waals surface area (Å²) >= 11 is 0. The molecular weight excluding hydrogens is 142 g/mol. The van der Waals surface area contributed by atoms with Gasteiger partial charge in [0.2, 0.25) is 5.88 Å². The molecule has 11 heavy (non-hydrogen) atoms. The molecule has 0 atom stereocenters. The lowest BCUT2D eigenvalue weighted by Crippen LogP contribution is -2.43. The predicted octanol–water partition coefficient (Wildman–Crippen LogP) is 0.0360. The molecule has 0 aromatic carbocycles. The molecule has 0 unspecified atom stereocenters. The number of hydrogen-bond donors (Lipinski definition) is 1. The highest BCUT2D eigenvalue weighted by atomic mass is 16.5. The molecule has 0 bridgehead atoms. The van der Waals surface area contributed by atoms with Crippen LogP contribution in [0.15, 0.2) is 12.3 Å². The zero-order valence-corrected chi connectivity index (χ0v) is 6.45. The topological polar surface area (TPSA) is 39.1 Å². The zero-order valence-electron chi connectivity index (χ0n) is 6.45. The second kappa shape index (κ2) is 2.54. The number of methoxy groups -OCH3 is 1. The van der Waals surface area contributed by atoms with Crippen molar-refractivity contribution in [2.45, 2.75) is 6.04 Å². The zero-order chi connectivity index (χ0) is 7.68. The van der Waals surface area contributed by atoms with Gasteiger partial charge in [-0.05, 0) is 0 Å². The number of nitrogens with one attached hydrogen (secondary N) is 1. The first-order valence-electron chi connectivity index (χ1n) is 3.70. The molecule has 0 radical (unpaired) electrons. The lowest BCUT2D eigenvalue weighted by Gasteiger charge is -2.26. The molecule has 0 amide bonds. The van der Waals surface area contributed by atoms with Crippen molar-refractivity contribution in [3.63, 3.8) is 0 Å². The van der Waals surface area contributed by atoms with Crippen LogP contribution < -0.4 is 10.1 Å². The molecule has 60 valence electrons. The van der Waals surface area contributed by atoms with Crippen LogP contribution in [0.25, 0.3) is 0 Å². The third kappa shape index (κ3) is 1.09. The first-order valence-corrected chi connectivity index (χ1v) is 3.70. The Kier molecular flexibility index (Phi) is 1.54. The van der Waals surface area contributed by atoms with Crippen molar-refractivity contribution >= 4 is 0 Å². The van der Waals surface area contributed by atoms with Gasteiger partial charge in [-0.1, -0.05) is 0 Å². The number of aromatic nitrogens is 2. The number of nitrogens with zero attached hydrogens (tertiary/aromatic N) is 2. The summed E-state index contributed by atoms with van der Waals surface area (Å²) in [5.74, 6) is 0.692. The minimum absolute atomic E-state index is 0.527. The Labute approximate surface area is 65.2 Å². The van der Waals surface area contributed by atoms with Crippen LogP contribution in [0.2, 0.25) is 0 Å². The van der Waals surface area contributed by atoms with E-state index in [2.05, 4.69) is 10.4 Å². The first-order chi connectivity index (χ1) is 5.40. The summed E-state index contributed by atoms with van der Waals surface area (Å²) in [4.78, 5) is 0. The van der Waals surface area contributed by atoms with Crippen molar-refractivity contribution in [2.75, 3.05) is 20.2 Å². The minimum atomic E-state index is 0.527. The molecule has 0 spiro atoms. The van der Waals surface area contributed by atoms with E-state index >= 15 is 0 Å². The molecule has 1 saturated heterocycles. The van der Waals surface area contributed by atoms with E-state index in [0.717, 1.165) is 13.1 Å². The van der Waals surface area contributed by atoms with Gasteiger partial charge in [0.15, 0.2) is 0 Å². The summed E-state index contributed by atoms with van der Waals surface area (Å²) in [6.45, 7) is 2.04. The molecule has 4 nitrogen and oxygen atoms in total. The number of rotatable bonds is 2. The maximum atomic E-state index is 4.96. The predicted molar refractivity (Wildman–Crippen MR) is 40.7 cm³/mol. The lowest BCUT2D eigenvalue weighted by molar-refractivity contribution is 0.306. The highest BCUT2D eigenvalue weighted by Gasteiger charge is 2.19. The highest BCUT2D eigenvalue weighted by molar-refractivity contribution is 5.06. The Morgan fingerprint density at radius 1 is 1.73 bits per heavy atom. The van der Waals surface area contributed by atoms with Gasteiger partial charge in [-0.25, -0.2) is 0 Å². The molecule has 0 aliphatic carbocycles. The largest absolute Gasteiger partial charge is 0.480 e. The minimum Gasteiger partial charge on any atom is -0.480 e. The van der Waals surface area contributed by atoms with Crippen molar-refractivity contribution in [1.29, 1.82) is 0 Å². The van der Waals surface area contributed by atoms with Gasteiger partial charge in [-0.2, -0.15) is 0 Å². The first kappa shape index (κ1) is 6.67. The number of hydrogen-bond acceptors (Lipinski definition) is 3. The van der Waals surface area contributed by atoms with Gasteiger partial charge >= 0.3 is 0 Å². The van der Waals surface area contributed by atoms with E-state index in [-0.39, 0.29) is 0 Å². The van der Waals surface area contributed by atoms with Gasteiger partial charge in [-0.15, -0.1) is 5.10 Å². The van der Waals surface area contributed by atoms with E-state index in [1.165, 1.54) is 0 Å². The molecule has 1 aliphatic rings. The van der Waals surface area contributed by atoms with Gasteiger partial charge in [0, 0.05) is 25.4 Å². The van der Waals surface area contributed by atoms with Crippen molar-refractivity contribution in [2.24, 2.45) is 0 Å². The summed E-state index contributed by atoms with van der Waals surface area (Å²) in [6.07, 6.45) is 1.95. The van der Waals surface area contributed by atoms with E-state index in [9.17, 15) is 0 Å². The second-order valence-electron chi connectivity index (χ2n) is 2.65. The highest BCUT2D eigenvalue weighted by Crippen LogP contribution is 2.13. The fourth-order valence-corrected chi connectivity index (χ4v) is 1.09. The Hall–Kier alpha value is -1.03. The summed E-state index contributed by atoms with van der Waals surface area (Å²) in [7, 11) is 1.63. The van der Waals surface area contributed by atoms with Crippen LogP contribution in [0.5, 0.6) is 5.88 Å². The van der Waals surface area contributed by atoms with Gasteiger partial charge in [-0.3, -0.25) is 4.68 Å². The maximum absolute atomic E-state index is 4.96. The van der Waals surface area contributed by atoms with E-state index in [1.54, 1.807) is 7.11 Å². The van der Waals surface area contributed by atoms with Crippen LogP contribution >= 0.6 is 0 Å². The molecule has 1 aromatic heterocycles. The van der Waals surface area contributed by atoms with E-state index < -0.39 is 0 Å². The third-order valence-corrected chi connectivity index (χ3v) is 1.93. The fourth-order valence-electron chi connectivity index (χ4n) is 1.09. The van der Waals surface area contributed by atoms with Crippen LogP contribution in [0.3, 0.4) is 0 Å². The van der Waals surface area contributed by atoms with Crippen molar-refractivity contribution in [1.82, 2.24) is 15.1 Å². The summed E-state index contributed by atoms with van der Waals surface area (Å²) in [6, 6.07) is 2.40. The van der Waals surface area contributed by atoms with E-state index in [0.29, 0.717) is 11.9 Å². The Balaban J connectivity index is 2.11. The van der Waals surface area contributed by atoms with Crippen molar-refractivity contribution < 1.29 is 4.74 Å². The SMILES string of the molecule is COc1ccn(C2CNC2)n1. The molecule has 4 heteroatoms. The summed E-state index contributed by atoms with van der Waals surface area (Å²) < 4.78 is 6.90. The average molecular weight is 153 g/mol. The monoisotopic (exact) mass is 153 g/mol. The van der Waals surface area contributed by atoms with Crippen LogP contribution in [0, 0.1) is 0 Å². The summed E-state index contributed by atoms with van der Waals surface area (Å²) in [5, 5.41) is 7.39. The van der Waals surface area contributed by atoms with Gasteiger partial charge in [0.25, 0.3) is 0 Å². The van der Waals surface area contributed by atoms with Crippen LogP contribution in [-0.4, -0.2) is 30.0 Å². The Bertz CT molecular complexity index is 242. The van der Waals surface area contributed by atoms with Crippen LogP contribution in [-0.2, 0) is 0 Å². The molecular formula is C7H11N3O. The molecule has 2 rings (SSSR count). The van der Waals surface area contributed by atoms with E-state index in [1.807, 2.05) is 16.9 Å². The molecule has 1 aromatic rings. The van der Waals surface area contributed by atoms with Crippen molar-refractivity contribution in [3.05, 3.63) is 12.3 Å². The summed E-state index contributed by atoms with van der Waals surface area (Å²) in [5.41, 5.74) is 0. The molecule has 1 N–H and O–H groups in total. The standard InChI is InChI=1S/C7H11N3O/c1-11-7-2-3-10(9-7)6-4-8-5-6/h2-3,6,8H,4-5H2,1H3. The molecule has 0 saturated carbocycles. The quantitative estimate of drug-likeness (QED) is 0.651. The van der Waals surface area contributed by atoms with E-state index in [4.69, 9.17) is 4.74 Å². The van der Waals surface area contributed by atoms with Gasteiger partial charge in [0.1, 0.15) is 0 Å². The van der Waals surface area contributed by atoms with Gasteiger partial charge < -0.3 is 10.1 Å². The van der Waals surface area contributed by atoms with Crippen LogP contribution in [0.1, 0.15) is 6.04 Å². The lowest BCUT2D eigenvalue weighted by atomic mass is 10.2. The van der Waals surface area contributed by atoms with Crippen molar-refractivity contribution in [3.8, 4) is 5.88 Å². The fraction of sp³-hybridized carbons (Fsp3) is 0.571. The molecule has 1 aliphatic heterocycles. The Morgan fingerprint density at radius 2 is 2.55 bits per heavy atom. The second-order valence-corrected chi connectivity index (χ2v) is 2.65. The Morgan fingerprint density at radius 3 is 3.00 bits per heavy atom. The number of ether oxygens (including phenoxy) is 1.